The molecule has 0 bridgehead atoms. The summed E-state index contributed by atoms with van der Waals surface area (Å²) in [5.74, 6) is -0.815. The molecule has 0 aliphatic heterocycles. The van der Waals surface area contributed by atoms with Gasteiger partial charge >= 0.3 is 11.9 Å². The molecule has 0 heterocycles. The lowest BCUT2D eigenvalue weighted by Crippen LogP contribution is -2.58. The van der Waals surface area contributed by atoms with Crippen LogP contribution < -0.4 is 0 Å². The van der Waals surface area contributed by atoms with Gasteiger partial charge in [0.1, 0.15) is 13.2 Å². The molecule has 0 radical (unpaired) electrons. The maximum atomic E-state index is 11.5. The molecule has 0 rings (SSSR count). The fraction of sp³-hybridized carbons (Fsp3) is 0.727. The average Bonchev–Trinajstić information content (AvgIpc) is 2.65. The van der Waals surface area contributed by atoms with Gasteiger partial charge in [0.2, 0.25) is 16.6 Å². The van der Waals surface area contributed by atoms with Crippen molar-refractivity contribution in [2.45, 2.75) is 78.2 Å². The van der Waals surface area contributed by atoms with E-state index >= 15 is 0 Å². The van der Waals surface area contributed by atoms with E-state index in [0.29, 0.717) is 24.4 Å². The highest BCUT2D eigenvalue weighted by atomic mass is 28.4. The molecule has 0 fully saturated rings. The third kappa shape index (κ3) is 11.2. The molecular weight excluding hydrogens is 432 g/mol. The first-order valence-electron chi connectivity index (χ1n) is 10.9. The Morgan fingerprint density at radius 2 is 1.03 bits per heavy atom. The van der Waals surface area contributed by atoms with Crippen molar-refractivity contribution in [3.63, 3.8) is 0 Å². The molecule has 7 nitrogen and oxygen atoms in total. The molecule has 9 heteroatoms. The van der Waals surface area contributed by atoms with E-state index in [1.807, 2.05) is 0 Å². The first kappa shape index (κ1) is 29.7. The second kappa shape index (κ2) is 14.0. The fourth-order valence-corrected chi connectivity index (χ4v) is 12.8. The minimum atomic E-state index is -2.22. The summed E-state index contributed by atoms with van der Waals surface area (Å²) in [5.41, 5.74) is 0.685. The number of esters is 2. The SMILES string of the molecule is C=C(C)C(=O)OCCOC(CC)[Si](C)(C)O[Si](C)(C)C(CC)OCCOC(=O)C(=C)C. The average molecular weight is 475 g/mol. The molecule has 2 atom stereocenters. The Labute approximate surface area is 190 Å². The molecule has 31 heavy (non-hydrogen) atoms. The molecule has 2 unspecified atom stereocenters. The van der Waals surface area contributed by atoms with Crippen molar-refractivity contribution in [3.05, 3.63) is 24.3 Å². The lowest BCUT2D eigenvalue weighted by Gasteiger charge is -2.41. The number of carbonyl (C=O) groups is 2. The number of hydrogen-bond donors (Lipinski definition) is 0. The number of carbonyl (C=O) groups excluding carboxylic acids is 2. The van der Waals surface area contributed by atoms with Crippen LogP contribution in [-0.4, -0.2) is 66.5 Å². The Hall–Kier alpha value is -1.27. The van der Waals surface area contributed by atoms with Gasteiger partial charge in [0.05, 0.1) is 24.7 Å². The number of ether oxygens (including phenoxy) is 4. The van der Waals surface area contributed by atoms with Crippen molar-refractivity contribution in [2.75, 3.05) is 26.4 Å². The first-order chi connectivity index (χ1) is 14.3. The summed E-state index contributed by atoms with van der Waals surface area (Å²) in [6, 6.07) is 0. The van der Waals surface area contributed by atoms with E-state index in [1.165, 1.54) is 0 Å². The molecule has 0 N–H and O–H groups in total. The summed E-state index contributed by atoms with van der Waals surface area (Å²) in [4.78, 5) is 23.0. The Kier molecular flexibility index (Phi) is 13.4. The second-order valence-corrected chi connectivity index (χ2v) is 17.2. The minimum Gasteiger partial charge on any atom is -0.460 e. The summed E-state index contributed by atoms with van der Waals surface area (Å²) in [5, 5.41) is 0. The lowest BCUT2D eigenvalue weighted by atomic mass is 10.4. The summed E-state index contributed by atoms with van der Waals surface area (Å²) in [6.07, 6.45) is 1.62. The summed E-state index contributed by atoms with van der Waals surface area (Å²) in [6.45, 7) is 24.1. The summed E-state index contributed by atoms with van der Waals surface area (Å²) in [7, 11) is -4.44. The molecule has 0 aliphatic rings. The Morgan fingerprint density at radius 1 is 0.710 bits per heavy atom. The maximum Gasteiger partial charge on any atom is 0.333 e. The van der Waals surface area contributed by atoms with Crippen LogP contribution >= 0.6 is 0 Å². The normalized spacial score (nSPS) is 13.9. The van der Waals surface area contributed by atoms with E-state index in [1.54, 1.807) is 13.8 Å². The van der Waals surface area contributed by atoms with Crippen molar-refractivity contribution < 1.29 is 32.7 Å². The molecule has 180 valence electrons. The van der Waals surface area contributed by atoms with Crippen LogP contribution in [0, 0.1) is 0 Å². The van der Waals surface area contributed by atoms with Crippen molar-refractivity contribution in [1.29, 1.82) is 0 Å². The monoisotopic (exact) mass is 474 g/mol. The quantitative estimate of drug-likeness (QED) is 0.143. The maximum absolute atomic E-state index is 11.5. The Bertz CT molecular complexity index is 565. The summed E-state index contributed by atoms with van der Waals surface area (Å²) < 4.78 is 29.0. The highest BCUT2D eigenvalue weighted by Gasteiger charge is 2.43. The van der Waals surface area contributed by atoms with Gasteiger partial charge in [-0.3, -0.25) is 0 Å². The van der Waals surface area contributed by atoms with E-state index < -0.39 is 28.6 Å². The van der Waals surface area contributed by atoms with Crippen molar-refractivity contribution >= 4 is 28.6 Å². The minimum absolute atomic E-state index is 0.0307. The van der Waals surface area contributed by atoms with E-state index in [2.05, 4.69) is 53.2 Å². The molecule has 0 aromatic carbocycles. The van der Waals surface area contributed by atoms with Gasteiger partial charge in [-0.15, -0.1) is 0 Å². The van der Waals surface area contributed by atoms with Crippen molar-refractivity contribution in [1.82, 2.24) is 0 Å². The smallest absolute Gasteiger partial charge is 0.333 e. The Balaban J connectivity index is 4.78. The van der Waals surface area contributed by atoms with Gasteiger partial charge in [0.15, 0.2) is 0 Å². The van der Waals surface area contributed by atoms with Gasteiger partial charge in [-0.1, -0.05) is 27.0 Å². The topological polar surface area (TPSA) is 80.3 Å². The highest BCUT2D eigenvalue weighted by molar-refractivity contribution is 6.86. The lowest BCUT2D eigenvalue weighted by molar-refractivity contribution is -0.141. The molecule has 0 saturated carbocycles. The third-order valence-corrected chi connectivity index (χ3v) is 13.2. The van der Waals surface area contributed by atoms with E-state index in [0.717, 1.165) is 12.8 Å². The van der Waals surface area contributed by atoms with Gasteiger partial charge in [-0.25, -0.2) is 9.59 Å². The van der Waals surface area contributed by atoms with Gasteiger partial charge < -0.3 is 23.1 Å². The Morgan fingerprint density at radius 3 is 1.29 bits per heavy atom. The standard InChI is InChI=1S/C22H42O7Si2/c1-11-19(25-13-15-27-21(23)17(3)4)30(7,8)29-31(9,10)20(12-2)26-14-16-28-22(24)18(5)6/h19-20H,3,5,11-16H2,1-2,4,6-10H3. The van der Waals surface area contributed by atoms with Crippen LogP contribution in [0.4, 0.5) is 0 Å². The molecule has 0 saturated heterocycles. The van der Waals surface area contributed by atoms with Crippen molar-refractivity contribution in [3.8, 4) is 0 Å². The van der Waals surface area contributed by atoms with Gasteiger partial charge in [-0.2, -0.15) is 0 Å². The van der Waals surface area contributed by atoms with Crippen LogP contribution in [0.2, 0.25) is 26.2 Å². The van der Waals surface area contributed by atoms with Gasteiger partial charge in [0, 0.05) is 11.1 Å². The number of rotatable bonds is 16. The van der Waals surface area contributed by atoms with Gasteiger partial charge in [-0.05, 0) is 52.9 Å². The molecule has 0 amide bonds. The molecule has 0 aromatic heterocycles. The zero-order valence-corrected chi connectivity index (χ0v) is 22.7. The van der Waals surface area contributed by atoms with E-state index in [4.69, 9.17) is 23.1 Å². The molecule has 0 aliphatic carbocycles. The predicted octanol–water partition coefficient (Wildman–Crippen LogP) is 4.32. The predicted molar refractivity (Wildman–Crippen MR) is 128 cm³/mol. The summed E-state index contributed by atoms with van der Waals surface area (Å²) >= 11 is 0. The van der Waals surface area contributed by atoms with Crippen molar-refractivity contribution in [2.24, 2.45) is 0 Å². The van der Waals surface area contributed by atoms with E-state index in [9.17, 15) is 9.59 Å². The molecular formula is C22H42O7Si2. The van der Waals surface area contributed by atoms with Crippen LogP contribution in [0.1, 0.15) is 40.5 Å². The van der Waals surface area contributed by atoms with Crippen LogP contribution in [0.25, 0.3) is 0 Å². The van der Waals surface area contributed by atoms with Crippen LogP contribution in [0.15, 0.2) is 24.3 Å². The van der Waals surface area contributed by atoms with Crippen LogP contribution in [0.3, 0.4) is 0 Å². The largest absolute Gasteiger partial charge is 0.460 e. The zero-order chi connectivity index (χ0) is 24.2. The zero-order valence-electron chi connectivity index (χ0n) is 20.7. The fourth-order valence-electron chi connectivity index (χ4n) is 3.33. The van der Waals surface area contributed by atoms with Crippen LogP contribution in [-0.2, 0) is 32.7 Å². The first-order valence-corrected chi connectivity index (χ1v) is 16.8. The van der Waals surface area contributed by atoms with Crippen LogP contribution in [0.5, 0.6) is 0 Å². The van der Waals surface area contributed by atoms with Gasteiger partial charge in [0.25, 0.3) is 0 Å². The molecule has 0 spiro atoms. The van der Waals surface area contributed by atoms with E-state index in [-0.39, 0.29) is 24.7 Å². The number of hydrogen-bond acceptors (Lipinski definition) is 7. The highest BCUT2D eigenvalue weighted by Crippen LogP contribution is 2.26. The third-order valence-electron chi connectivity index (χ3n) is 4.79. The molecule has 0 aromatic rings. The second-order valence-electron chi connectivity index (χ2n) is 8.68.